The summed E-state index contributed by atoms with van der Waals surface area (Å²) in [4.78, 5) is 1.83. The van der Waals surface area contributed by atoms with Crippen LogP contribution in [0.25, 0.3) is 0 Å². The molecule has 4 rings (SSSR count). The lowest BCUT2D eigenvalue weighted by Crippen LogP contribution is -2.45. The molecule has 5 nitrogen and oxygen atoms in total. The smallest absolute Gasteiger partial charge is 0.417 e. The van der Waals surface area contributed by atoms with Gasteiger partial charge in [0.25, 0.3) is 0 Å². The number of aliphatic hydroxyl groups is 1. The number of halogens is 3. The maximum Gasteiger partial charge on any atom is 0.417 e. The zero-order valence-electron chi connectivity index (χ0n) is 20.5. The first-order valence-electron chi connectivity index (χ1n) is 12.8. The Labute approximate surface area is 210 Å². The van der Waals surface area contributed by atoms with Gasteiger partial charge in [-0.05, 0) is 61.6 Å². The van der Waals surface area contributed by atoms with Crippen molar-refractivity contribution >= 4 is 5.69 Å². The standard InChI is InChI=1S/C28H34F3N3O2/c29-28(30,31)26-18-24(10-9-22(26)19-32)34-14-11-27(35,12-15-34)13-16-36-25-8-4-5-21(17-25)20-33-23-6-2-1-3-7-23/h4-5,8-10,17-18,23,33,35H,1-3,6-7,11-16,20H2. The second kappa shape index (κ2) is 11.5. The van der Waals surface area contributed by atoms with Crippen LogP contribution in [0.5, 0.6) is 5.75 Å². The Bertz CT molecular complexity index is 1050. The van der Waals surface area contributed by atoms with E-state index in [9.17, 15) is 18.3 Å². The number of piperidine rings is 1. The van der Waals surface area contributed by atoms with E-state index in [1.54, 1.807) is 6.07 Å². The minimum Gasteiger partial charge on any atom is -0.493 e. The van der Waals surface area contributed by atoms with Crippen LogP contribution in [0.1, 0.15) is 68.1 Å². The summed E-state index contributed by atoms with van der Waals surface area (Å²) < 4.78 is 45.9. The third kappa shape index (κ3) is 6.92. The lowest BCUT2D eigenvalue weighted by molar-refractivity contribution is -0.137. The molecule has 0 radical (unpaired) electrons. The molecule has 0 spiro atoms. The Hall–Kier alpha value is -2.76. The number of anilines is 1. The van der Waals surface area contributed by atoms with Crippen molar-refractivity contribution in [3.8, 4) is 11.8 Å². The fourth-order valence-electron chi connectivity index (χ4n) is 5.17. The van der Waals surface area contributed by atoms with Gasteiger partial charge in [0.1, 0.15) is 5.75 Å². The van der Waals surface area contributed by atoms with E-state index in [0.717, 1.165) is 18.4 Å². The minimum absolute atomic E-state index is 0.366. The lowest BCUT2D eigenvalue weighted by atomic mass is 9.88. The van der Waals surface area contributed by atoms with Crippen molar-refractivity contribution in [2.24, 2.45) is 0 Å². The van der Waals surface area contributed by atoms with Crippen molar-refractivity contribution in [2.75, 3.05) is 24.6 Å². The highest BCUT2D eigenvalue weighted by atomic mass is 19.4. The quantitative estimate of drug-likeness (QED) is 0.479. The molecule has 2 aromatic carbocycles. The van der Waals surface area contributed by atoms with Crippen LogP contribution in [0.4, 0.5) is 18.9 Å². The number of hydrogen-bond acceptors (Lipinski definition) is 5. The fraction of sp³-hybridized carbons (Fsp3) is 0.536. The average Bonchev–Trinajstić information content (AvgIpc) is 2.88. The highest BCUT2D eigenvalue weighted by molar-refractivity contribution is 5.55. The predicted molar refractivity (Wildman–Crippen MR) is 133 cm³/mol. The van der Waals surface area contributed by atoms with Gasteiger partial charge in [-0.3, -0.25) is 0 Å². The van der Waals surface area contributed by atoms with E-state index in [1.807, 2.05) is 23.1 Å². The van der Waals surface area contributed by atoms with Crippen molar-refractivity contribution < 1.29 is 23.0 Å². The number of rotatable bonds is 8. The molecule has 1 aliphatic carbocycles. The van der Waals surface area contributed by atoms with E-state index < -0.39 is 17.3 Å². The molecule has 1 saturated heterocycles. The summed E-state index contributed by atoms with van der Waals surface area (Å²) in [6.07, 6.45) is 3.13. The molecule has 1 saturated carbocycles. The number of benzene rings is 2. The van der Waals surface area contributed by atoms with Crippen LogP contribution in [0.15, 0.2) is 42.5 Å². The second-order valence-corrected chi connectivity index (χ2v) is 10.0. The summed E-state index contributed by atoms with van der Waals surface area (Å²) in [5.41, 5.74) is -0.640. The van der Waals surface area contributed by atoms with Gasteiger partial charge in [-0.15, -0.1) is 0 Å². The molecule has 0 atom stereocenters. The Morgan fingerprint density at radius 1 is 1.08 bits per heavy atom. The van der Waals surface area contributed by atoms with E-state index in [2.05, 4.69) is 11.4 Å². The number of hydrogen-bond donors (Lipinski definition) is 2. The van der Waals surface area contributed by atoms with Gasteiger partial charge in [0.15, 0.2) is 0 Å². The number of nitrogens with zero attached hydrogens (tertiary/aromatic N) is 2. The molecule has 2 aromatic rings. The fourth-order valence-corrected chi connectivity index (χ4v) is 5.17. The summed E-state index contributed by atoms with van der Waals surface area (Å²) in [7, 11) is 0. The van der Waals surface area contributed by atoms with Gasteiger partial charge in [0.05, 0.1) is 29.4 Å². The molecular weight excluding hydrogens is 467 g/mol. The normalized spacial score (nSPS) is 18.6. The molecule has 36 heavy (non-hydrogen) atoms. The monoisotopic (exact) mass is 501 g/mol. The highest BCUT2D eigenvalue weighted by Gasteiger charge is 2.36. The van der Waals surface area contributed by atoms with Crippen molar-refractivity contribution in [2.45, 2.75) is 75.7 Å². The Morgan fingerprint density at radius 2 is 1.83 bits per heavy atom. The first kappa shape index (κ1) is 26.3. The van der Waals surface area contributed by atoms with E-state index in [0.29, 0.717) is 50.7 Å². The van der Waals surface area contributed by atoms with Crippen LogP contribution in [-0.4, -0.2) is 36.4 Å². The average molecular weight is 502 g/mol. The molecule has 194 valence electrons. The maximum absolute atomic E-state index is 13.3. The largest absolute Gasteiger partial charge is 0.493 e. The maximum atomic E-state index is 13.3. The summed E-state index contributed by atoms with van der Waals surface area (Å²) >= 11 is 0. The number of nitriles is 1. The molecule has 0 unspecified atom stereocenters. The Kier molecular flexibility index (Phi) is 8.43. The van der Waals surface area contributed by atoms with E-state index in [-0.39, 0.29) is 5.56 Å². The third-order valence-corrected chi connectivity index (χ3v) is 7.42. The van der Waals surface area contributed by atoms with Gasteiger partial charge in [-0.1, -0.05) is 31.4 Å². The first-order chi connectivity index (χ1) is 17.3. The molecule has 2 fully saturated rings. The lowest BCUT2D eigenvalue weighted by Gasteiger charge is -2.39. The summed E-state index contributed by atoms with van der Waals surface area (Å²) in [5, 5.41) is 23.7. The molecule has 1 aliphatic heterocycles. The molecule has 1 heterocycles. The minimum atomic E-state index is -4.59. The van der Waals surface area contributed by atoms with Crippen LogP contribution < -0.4 is 15.0 Å². The zero-order chi connectivity index (χ0) is 25.6. The van der Waals surface area contributed by atoms with Crippen LogP contribution in [0.3, 0.4) is 0 Å². The van der Waals surface area contributed by atoms with Crippen molar-refractivity contribution in [1.82, 2.24) is 5.32 Å². The molecule has 0 bridgehead atoms. The topological polar surface area (TPSA) is 68.5 Å². The molecule has 8 heteroatoms. The highest BCUT2D eigenvalue weighted by Crippen LogP contribution is 2.36. The number of nitrogens with one attached hydrogen (secondary N) is 1. The van der Waals surface area contributed by atoms with Gasteiger partial charge in [0.2, 0.25) is 0 Å². The van der Waals surface area contributed by atoms with Crippen molar-refractivity contribution in [3.63, 3.8) is 0 Å². The van der Waals surface area contributed by atoms with Gasteiger partial charge in [0, 0.05) is 37.8 Å². The summed E-state index contributed by atoms with van der Waals surface area (Å²) in [5.74, 6) is 0.774. The Balaban J connectivity index is 1.25. The predicted octanol–water partition coefficient (Wildman–Crippen LogP) is 5.80. The number of alkyl halides is 3. The van der Waals surface area contributed by atoms with Crippen LogP contribution in [0.2, 0.25) is 0 Å². The van der Waals surface area contributed by atoms with E-state index in [1.165, 1.54) is 49.8 Å². The van der Waals surface area contributed by atoms with Gasteiger partial charge < -0.3 is 20.1 Å². The molecule has 0 amide bonds. The summed E-state index contributed by atoms with van der Waals surface area (Å²) in [6, 6.07) is 14.0. The molecular formula is C28H34F3N3O2. The molecule has 2 N–H and O–H groups in total. The second-order valence-electron chi connectivity index (χ2n) is 10.0. The Morgan fingerprint density at radius 3 is 2.53 bits per heavy atom. The van der Waals surface area contributed by atoms with Crippen LogP contribution >= 0.6 is 0 Å². The van der Waals surface area contributed by atoms with Gasteiger partial charge in [-0.2, -0.15) is 18.4 Å². The van der Waals surface area contributed by atoms with Crippen LogP contribution in [-0.2, 0) is 12.7 Å². The third-order valence-electron chi connectivity index (χ3n) is 7.42. The van der Waals surface area contributed by atoms with E-state index in [4.69, 9.17) is 10.00 Å². The number of ether oxygens (including phenoxy) is 1. The summed E-state index contributed by atoms with van der Waals surface area (Å²) in [6.45, 7) is 2.04. The van der Waals surface area contributed by atoms with Gasteiger partial charge >= 0.3 is 6.18 Å². The molecule has 2 aliphatic rings. The zero-order valence-corrected chi connectivity index (χ0v) is 20.5. The van der Waals surface area contributed by atoms with Crippen LogP contribution in [0, 0.1) is 11.3 Å². The van der Waals surface area contributed by atoms with Gasteiger partial charge in [-0.25, -0.2) is 0 Å². The van der Waals surface area contributed by atoms with E-state index >= 15 is 0 Å². The SMILES string of the molecule is N#Cc1ccc(N2CCC(O)(CCOc3cccc(CNC4CCCCC4)c3)CC2)cc1C(F)(F)F. The first-order valence-corrected chi connectivity index (χ1v) is 12.8. The van der Waals surface area contributed by atoms with Crippen molar-refractivity contribution in [1.29, 1.82) is 5.26 Å². The van der Waals surface area contributed by atoms with Crippen molar-refractivity contribution in [3.05, 3.63) is 59.2 Å². The molecule has 0 aromatic heterocycles.